The Bertz CT molecular complexity index is 1080. The molecule has 0 spiro atoms. The average molecular weight is 405 g/mol. The maximum absolute atomic E-state index is 12.6. The van der Waals surface area contributed by atoms with E-state index in [4.69, 9.17) is 0 Å². The SMILES string of the molecule is O=C(NCc1cccnn1)c1nn(CC2(c3ccccc3)CCCC2)cc(O)c1=O. The number of hydrogen-bond acceptors (Lipinski definition) is 6. The third kappa shape index (κ3) is 4.07. The average Bonchev–Trinajstić information content (AvgIpc) is 3.25. The fourth-order valence-corrected chi connectivity index (χ4v) is 4.13. The topological polar surface area (TPSA) is 110 Å². The lowest BCUT2D eigenvalue weighted by molar-refractivity contribution is 0.0940. The van der Waals surface area contributed by atoms with E-state index >= 15 is 0 Å². The number of carbonyl (C=O) groups is 1. The number of hydrogen-bond donors (Lipinski definition) is 2. The fourth-order valence-electron chi connectivity index (χ4n) is 4.13. The molecule has 1 aromatic carbocycles. The Morgan fingerprint density at radius 3 is 2.60 bits per heavy atom. The second-order valence-corrected chi connectivity index (χ2v) is 7.64. The van der Waals surface area contributed by atoms with E-state index < -0.39 is 17.1 Å². The fraction of sp³-hybridized carbons (Fsp3) is 0.318. The van der Waals surface area contributed by atoms with Gasteiger partial charge in [0, 0.05) is 11.6 Å². The van der Waals surface area contributed by atoms with Gasteiger partial charge < -0.3 is 10.4 Å². The normalized spacial score (nSPS) is 15.1. The van der Waals surface area contributed by atoms with Crippen molar-refractivity contribution in [2.75, 3.05) is 0 Å². The van der Waals surface area contributed by atoms with Crippen LogP contribution >= 0.6 is 0 Å². The van der Waals surface area contributed by atoms with Crippen molar-refractivity contribution in [2.45, 2.75) is 44.2 Å². The molecule has 1 amide bonds. The molecule has 8 heteroatoms. The quantitative estimate of drug-likeness (QED) is 0.650. The number of benzene rings is 1. The van der Waals surface area contributed by atoms with Crippen molar-refractivity contribution in [1.29, 1.82) is 0 Å². The molecule has 0 atom stereocenters. The molecule has 2 aromatic heterocycles. The number of nitrogens with zero attached hydrogens (tertiary/aromatic N) is 4. The smallest absolute Gasteiger partial charge is 0.276 e. The maximum atomic E-state index is 12.6. The van der Waals surface area contributed by atoms with E-state index in [-0.39, 0.29) is 17.7 Å². The minimum Gasteiger partial charge on any atom is -0.503 e. The van der Waals surface area contributed by atoms with Gasteiger partial charge in [0.2, 0.25) is 0 Å². The van der Waals surface area contributed by atoms with Gasteiger partial charge in [-0.3, -0.25) is 14.3 Å². The molecular weight excluding hydrogens is 382 g/mol. The van der Waals surface area contributed by atoms with Crippen LogP contribution in [0.3, 0.4) is 0 Å². The van der Waals surface area contributed by atoms with Gasteiger partial charge in [-0.05, 0) is 30.5 Å². The molecule has 30 heavy (non-hydrogen) atoms. The number of carbonyl (C=O) groups excluding carboxylic acids is 1. The van der Waals surface area contributed by atoms with Gasteiger partial charge in [-0.15, -0.1) is 0 Å². The highest BCUT2D eigenvalue weighted by atomic mass is 16.3. The summed E-state index contributed by atoms with van der Waals surface area (Å²) in [5.74, 6) is -1.15. The lowest BCUT2D eigenvalue weighted by atomic mass is 9.79. The van der Waals surface area contributed by atoms with Crippen LogP contribution in [0.15, 0.2) is 59.7 Å². The van der Waals surface area contributed by atoms with E-state index in [1.807, 2.05) is 18.2 Å². The first kappa shape index (κ1) is 19.8. The zero-order chi connectivity index (χ0) is 21.0. The Morgan fingerprint density at radius 2 is 1.90 bits per heavy atom. The molecule has 0 aliphatic heterocycles. The van der Waals surface area contributed by atoms with Crippen LogP contribution in [0, 0.1) is 0 Å². The Balaban J connectivity index is 1.59. The summed E-state index contributed by atoms with van der Waals surface area (Å²) < 4.78 is 1.52. The van der Waals surface area contributed by atoms with Crippen molar-refractivity contribution in [2.24, 2.45) is 0 Å². The summed E-state index contributed by atoms with van der Waals surface area (Å²) in [5, 5.41) is 24.7. The van der Waals surface area contributed by atoms with E-state index in [9.17, 15) is 14.7 Å². The third-order valence-electron chi connectivity index (χ3n) is 5.63. The predicted octanol–water partition coefficient (Wildman–Crippen LogP) is 2.18. The Labute approximate surface area is 173 Å². The van der Waals surface area contributed by atoms with Gasteiger partial charge in [0.25, 0.3) is 11.3 Å². The lowest BCUT2D eigenvalue weighted by Crippen LogP contribution is -2.34. The summed E-state index contributed by atoms with van der Waals surface area (Å²) in [5.41, 5.74) is 0.503. The third-order valence-corrected chi connectivity index (χ3v) is 5.63. The molecule has 2 N–H and O–H groups in total. The molecule has 8 nitrogen and oxygen atoms in total. The number of aromatic nitrogens is 4. The van der Waals surface area contributed by atoms with Gasteiger partial charge in [0.1, 0.15) is 0 Å². The van der Waals surface area contributed by atoms with E-state index in [2.05, 4.69) is 32.7 Å². The number of aromatic hydroxyl groups is 1. The number of amides is 1. The van der Waals surface area contributed by atoms with Gasteiger partial charge in [-0.25, -0.2) is 0 Å². The first-order valence-corrected chi connectivity index (χ1v) is 9.98. The molecule has 1 fully saturated rings. The number of nitrogens with one attached hydrogen (secondary N) is 1. The molecule has 0 radical (unpaired) electrons. The second-order valence-electron chi connectivity index (χ2n) is 7.64. The van der Waals surface area contributed by atoms with Gasteiger partial charge in [-0.1, -0.05) is 43.2 Å². The molecule has 2 heterocycles. The molecular formula is C22H23N5O3. The Kier molecular flexibility index (Phi) is 5.56. The van der Waals surface area contributed by atoms with E-state index in [1.165, 1.54) is 22.6 Å². The van der Waals surface area contributed by atoms with Crippen LogP contribution in [-0.4, -0.2) is 31.0 Å². The molecule has 1 aliphatic rings. The van der Waals surface area contributed by atoms with Crippen LogP contribution in [0.1, 0.15) is 47.4 Å². The minimum absolute atomic E-state index is 0.109. The molecule has 1 saturated carbocycles. The summed E-state index contributed by atoms with van der Waals surface area (Å²) in [6.07, 6.45) is 7.02. The van der Waals surface area contributed by atoms with E-state index in [0.29, 0.717) is 12.2 Å². The van der Waals surface area contributed by atoms with Gasteiger partial charge in [0.15, 0.2) is 11.4 Å². The van der Waals surface area contributed by atoms with Crippen molar-refractivity contribution >= 4 is 5.91 Å². The molecule has 0 unspecified atom stereocenters. The Hall–Kier alpha value is -3.55. The highest BCUT2D eigenvalue weighted by Crippen LogP contribution is 2.42. The standard InChI is InChI=1S/C22H23N5O3/c28-18-14-27(15-22(10-4-5-11-22)16-7-2-1-3-8-16)26-19(20(18)29)21(30)23-13-17-9-6-12-24-25-17/h1-3,6-9,12,14,28H,4-5,10-11,13,15H2,(H,23,30). The van der Waals surface area contributed by atoms with Crippen LogP contribution in [0.2, 0.25) is 0 Å². The van der Waals surface area contributed by atoms with Crippen LogP contribution in [0.5, 0.6) is 5.75 Å². The highest BCUT2D eigenvalue weighted by molar-refractivity contribution is 5.92. The zero-order valence-corrected chi connectivity index (χ0v) is 16.5. The monoisotopic (exact) mass is 405 g/mol. The molecule has 1 aliphatic carbocycles. The van der Waals surface area contributed by atoms with Gasteiger partial charge in [-0.2, -0.15) is 15.3 Å². The summed E-state index contributed by atoms with van der Waals surface area (Å²) in [4.78, 5) is 24.9. The van der Waals surface area contributed by atoms with Gasteiger partial charge >= 0.3 is 0 Å². The van der Waals surface area contributed by atoms with Crippen molar-refractivity contribution < 1.29 is 9.90 Å². The van der Waals surface area contributed by atoms with E-state index in [0.717, 1.165) is 25.7 Å². The summed E-state index contributed by atoms with van der Waals surface area (Å²) in [6, 6.07) is 13.6. The van der Waals surface area contributed by atoms with Crippen LogP contribution in [0.25, 0.3) is 0 Å². The molecule has 4 rings (SSSR count). The molecule has 3 aromatic rings. The first-order valence-electron chi connectivity index (χ1n) is 9.98. The van der Waals surface area contributed by atoms with Crippen LogP contribution in [0.4, 0.5) is 0 Å². The Morgan fingerprint density at radius 1 is 1.13 bits per heavy atom. The summed E-state index contributed by atoms with van der Waals surface area (Å²) in [7, 11) is 0. The molecule has 0 saturated heterocycles. The maximum Gasteiger partial charge on any atom is 0.276 e. The largest absolute Gasteiger partial charge is 0.503 e. The lowest BCUT2D eigenvalue weighted by Gasteiger charge is -2.30. The van der Waals surface area contributed by atoms with Crippen molar-refractivity contribution in [3.05, 3.63) is 82.0 Å². The van der Waals surface area contributed by atoms with Crippen molar-refractivity contribution in [3.8, 4) is 5.75 Å². The van der Waals surface area contributed by atoms with Crippen molar-refractivity contribution in [3.63, 3.8) is 0 Å². The number of rotatable bonds is 6. The summed E-state index contributed by atoms with van der Waals surface area (Å²) >= 11 is 0. The molecule has 154 valence electrons. The first-order chi connectivity index (χ1) is 14.6. The summed E-state index contributed by atoms with van der Waals surface area (Å²) in [6.45, 7) is 0.590. The highest BCUT2D eigenvalue weighted by Gasteiger charge is 2.36. The zero-order valence-electron chi connectivity index (χ0n) is 16.5. The van der Waals surface area contributed by atoms with Crippen LogP contribution < -0.4 is 10.7 Å². The predicted molar refractivity (Wildman–Crippen MR) is 110 cm³/mol. The van der Waals surface area contributed by atoms with E-state index in [1.54, 1.807) is 12.1 Å². The minimum atomic E-state index is -0.789. The van der Waals surface area contributed by atoms with Gasteiger partial charge in [0.05, 0.1) is 25.0 Å². The van der Waals surface area contributed by atoms with Crippen LogP contribution in [-0.2, 0) is 18.5 Å². The van der Waals surface area contributed by atoms with Crippen molar-refractivity contribution in [1.82, 2.24) is 25.3 Å². The molecule has 0 bridgehead atoms. The second kappa shape index (κ2) is 8.44.